The van der Waals surface area contributed by atoms with E-state index in [0.29, 0.717) is 11.8 Å². The largest absolute Gasteiger partial charge is 0.423 e. The molecule has 3 atom stereocenters. The van der Waals surface area contributed by atoms with E-state index < -0.39 is 0 Å². The first-order chi connectivity index (χ1) is 7.31. The van der Waals surface area contributed by atoms with Crippen molar-refractivity contribution in [3.05, 3.63) is 11.8 Å². The SMILES string of the molecule is CCC(N)c1nnc(C2C3CCCC32)o1. The lowest BCUT2D eigenvalue weighted by Crippen LogP contribution is -2.08. The zero-order valence-electron chi connectivity index (χ0n) is 9.02. The van der Waals surface area contributed by atoms with Gasteiger partial charge in [0.15, 0.2) is 0 Å². The average Bonchev–Trinajstić information content (AvgIpc) is 2.74. The van der Waals surface area contributed by atoms with E-state index in [1.54, 1.807) is 0 Å². The molecule has 0 radical (unpaired) electrons. The smallest absolute Gasteiger partial charge is 0.233 e. The van der Waals surface area contributed by atoms with Crippen LogP contribution in [0.2, 0.25) is 0 Å². The molecular weight excluding hydrogens is 190 g/mol. The Hall–Kier alpha value is -0.900. The Bertz CT molecular complexity index is 352. The van der Waals surface area contributed by atoms with Crippen LogP contribution in [0.4, 0.5) is 0 Å². The number of nitrogens with zero attached hydrogens (tertiary/aromatic N) is 2. The van der Waals surface area contributed by atoms with E-state index in [4.69, 9.17) is 10.2 Å². The molecule has 2 fully saturated rings. The Kier molecular flexibility index (Phi) is 2.06. The number of hydrogen-bond donors (Lipinski definition) is 1. The standard InChI is InChI=1S/C11H17N3O/c1-2-8(12)10-13-14-11(15-10)9-6-4-3-5-7(6)9/h6-9H,2-5,12H2,1H3. The van der Waals surface area contributed by atoms with Gasteiger partial charge < -0.3 is 10.2 Å². The summed E-state index contributed by atoms with van der Waals surface area (Å²) < 4.78 is 5.65. The van der Waals surface area contributed by atoms with E-state index in [0.717, 1.165) is 24.1 Å². The van der Waals surface area contributed by atoms with E-state index in [2.05, 4.69) is 10.2 Å². The molecule has 1 aromatic rings. The van der Waals surface area contributed by atoms with E-state index in [9.17, 15) is 0 Å². The summed E-state index contributed by atoms with van der Waals surface area (Å²) in [5, 5.41) is 8.17. The van der Waals surface area contributed by atoms with Crippen LogP contribution in [0.15, 0.2) is 4.42 Å². The third-order valence-electron chi connectivity index (χ3n) is 3.90. The fourth-order valence-electron chi connectivity index (χ4n) is 2.89. The molecule has 4 heteroatoms. The molecule has 2 aliphatic carbocycles. The fourth-order valence-corrected chi connectivity index (χ4v) is 2.89. The Labute approximate surface area is 89.2 Å². The topological polar surface area (TPSA) is 64.9 Å². The molecule has 3 rings (SSSR count). The molecule has 2 aliphatic rings. The van der Waals surface area contributed by atoms with Crippen LogP contribution in [0.1, 0.15) is 56.3 Å². The van der Waals surface area contributed by atoms with Crippen LogP contribution in [0, 0.1) is 11.8 Å². The quantitative estimate of drug-likeness (QED) is 0.823. The molecule has 0 spiro atoms. The lowest BCUT2D eigenvalue weighted by atomic mass is 10.1. The molecule has 0 aliphatic heterocycles. The third kappa shape index (κ3) is 1.39. The summed E-state index contributed by atoms with van der Waals surface area (Å²) in [4.78, 5) is 0. The highest BCUT2D eigenvalue weighted by atomic mass is 16.4. The summed E-state index contributed by atoms with van der Waals surface area (Å²) in [5.41, 5.74) is 5.85. The fraction of sp³-hybridized carbons (Fsp3) is 0.818. The summed E-state index contributed by atoms with van der Waals surface area (Å²) in [7, 11) is 0. The lowest BCUT2D eigenvalue weighted by molar-refractivity contribution is 0.402. The van der Waals surface area contributed by atoms with Gasteiger partial charge in [0, 0.05) is 5.92 Å². The van der Waals surface area contributed by atoms with Crippen molar-refractivity contribution < 1.29 is 4.42 Å². The van der Waals surface area contributed by atoms with Crippen molar-refractivity contribution in [2.45, 2.75) is 44.6 Å². The Morgan fingerprint density at radius 1 is 1.40 bits per heavy atom. The van der Waals surface area contributed by atoms with Crippen molar-refractivity contribution in [2.24, 2.45) is 17.6 Å². The van der Waals surface area contributed by atoms with E-state index in [1.165, 1.54) is 19.3 Å². The van der Waals surface area contributed by atoms with Crippen LogP contribution in [-0.2, 0) is 0 Å². The zero-order valence-corrected chi connectivity index (χ0v) is 9.02. The Balaban J connectivity index is 1.75. The molecule has 1 aromatic heterocycles. The molecule has 15 heavy (non-hydrogen) atoms. The second-order valence-electron chi connectivity index (χ2n) is 4.78. The van der Waals surface area contributed by atoms with Gasteiger partial charge >= 0.3 is 0 Å². The first-order valence-corrected chi connectivity index (χ1v) is 5.90. The maximum Gasteiger partial charge on any atom is 0.233 e. The Morgan fingerprint density at radius 2 is 2.13 bits per heavy atom. The third-order valence-corrected chi connectivity index (χ3v) is 3.90. The van der Waals surface area contributed by atoms with Gasteiger partial charge in [0.05, 0.1) is 6.04 Å². The van der Waals surface area contributed by atoms with E-state index in [-0.39, 0.29) is 6.04 Å². The maximum absolute atomic E-state index is 5.85. The molecule has 3 unspecified atom stereocenters. The number of rotatable bonds is 3. The molecule has 2 saturated carbocycles. The van der Waals surface area contributed by atoms with Gasteiger partial charge in [-0.3, -0.25) is 0 Å². The molecule has 0 saturated heterocycles. The van der Waals surface area contributed by atoms with E-state index >= 15 is 0 Å². The van der Waals surface area contributed by atoms with Crippen LogP contribution < -0.4 is 5.73 Å². The van der Waals surface area contributed by atoms with Crippen molar-refractivity contribution >= 4 is 0 Å². The minimum absolute atomic E-state index is 0.0927. The summed E-state index contributed by atoms with van der Waals surface area (Å²) in [6, 6.07) is -0.0927. The van der Waals surface area contributed by atoms with Crippen molar-refractivity contribution in [3.8, 4) is 0 Å². The summed E-state index contributed by atoms with van der Waals surface area (Å²) in [6.07, 6.45) is 4.90. The molecule has 2 N–H and O–H groups in total. The average molecular weight is 207 g/mol. The van der Waals surface area contributed by atoms with Gasteiger partial charge in [-0.05, 0) is 31.1 Å². The summed E-state index contributed by atoms with van der Waals surface area (Å²) >= 11 is 0. The summed E-state index contributed by atoms with van der Waals surface area (Å²) in [5.74, 6) is 3.66. The van der Waals surface area contributed by atoms with Crippen molar-refractivity contribution in [3.63, 3.8) is 0 Å². The second kappa shape index (κ2) is 3.30. The van der Waals surface area contributed by atoms with Crippen molar-refractivity contribution in [2.75, 3.05) is 0 Å². The number of fused-ring (bicyclic) bond motifs is 1. The van der Waals surface area contributed by atoms with Gasteiger partial charge in [-0.25, -0.2) is 0 Å². The van der Waals surface area contributed by atoms with Gasteiger partial charge in [-0.2, -0.15) is 0 Å². The molecule has 0 amide bonds. The maximum atomic E-state index is 5.85. The monoisotopic (exact) mass is 207 g/mol. The zero-order chi connectivity index (χ0) is 10.4. The van der Waals surface area contributed by atoms with Crippen LogP contribution in [0.3, 0.4) is 0 Å². The van der Waals surface area contributed by atoms with Crippen LogP contribution in [0.25, 0.3) is 0 Å². The number of hydrogen-bond acceptors (Lipinski definition) is 4. The van der Waals surface area contributed by atoms with E-state index in [1.807, 2.05) is 6.92 Å². The highest BCUT2D eigenvalue weighted by Gasteiger charge is 2.56. The van der Waals surface area contributed by atoms with Gasteiger partial charge in [0.1, 0.15) is 0 Å². The summed E-state index contributed by atoms with van der Waals surface area (Å²) in [6.45, 7) is 2.03. The van der Waals surface area contributed by atoms with Crippen molar-refractivity contribution in [1.29, 1.82) is 0 Å². The molecular formula is C11H17N3O. The first kappa shape index (κ1) is 9.33. The number of nitrogens with two attached hydrogens (primary N) is 1. The normalized spacial score (nSPS) is 35.2. The first-order valence-electron chi connectivity index (χ1n) is 5.90. The lowest BCUT2D eigenvalue weighted by Gasteiger charge is -2.00. The molecule has 82 valence electrons. The van der Waals surface area contributed by atoms with Crippen LogP contribution in [-0.4, -0.2) is 10.2 Å². The Morgan fingerprint density at radius 3 is 2.80 bits per heavy atom. The molecule has 0 bridgehead atoms. The highest BCUT2D eigenvalue weighted by molar-refractivity contribution is 5.15. The minimum Gasteiger partial charge on any atom is -0.423 e. The molecule has 4 nitrogen and oxygen atoms in total. The van der Waals surface area contributed by atoms with Gasteiger partial charge in [-0.1, -0.05) is 13.3 Å². The van der Waals surface area contributed by atoms with Gasteiger partial charge in [-0.15, -0.1) is 10.2 Å². The van der Waals surface area contributed by atoms with Gasteiger partial charge in [0.2, 0.25) is 11.8 Å². The highest BCUT2D eigenvalue weighted by Crippen LogP contribution is 2.62. The van der Waals surface area contributed by atoms with Crippen molar-refractivity contribution in [1.82, 2.24) is 10.2 Å². The van der Waals surface area contributed by atoms with Crippen LogP contribution in [0.5, 0.6) is 0 Å². The molecule has 1 heterocycles. The number of aromatic nitrogens is 2. The second-order valence-corrected chi connectivity index (χ2v) is 4.78. The predicted octanol–water partition coefficient (Wildman–Crippen LogP) is 1.99. The molecule has 0 aromatic carbocycles. The predicted molar refractivity (Wildman–Crippen MR) is 55.1 cm³/mol. The van der Waals surface area contributed by atoms with Gasteiger partial charge in [0.25, 0.3) is 0 Å². The minimum atomic E-state index is -0.0927. The van der Waals surface area contributed by atoms with Crippen LogP contribution >= 0.6 is 0 Å².